The highest BCUT2D eigenvalue weighted by Crippen LogP contribution is 2.20. The minimum Gasteiger partial charge on any atom is -0.179 e. The first-order valence-corrected chi connectivity index (χ1v) is 10.0. The second-order valence-electron chi connectivity index (χ2n) is 3.63. The van der Waals surface area contributed by atoms with Crippen molar-refractivity contribution in [3.05, 3.63) is 0 Å². The van der Waals surface area contributed by atoms with E-state index in [1.54, 1.807) is 0 Å². The Labute approximate surface area is 126 Å². The SMILES string of the molecule is SCCSCCC(CCS)CCSCCS. The Morgan fingerprint density at radius 3 is 1.50 bits per heavy atom. The molecule has 0 fully saturated rings. The molecule has 0 atom stereocenters. The van der Waals surface area contributed by atoms with Gasteiger partial charge in [0.1, 0.15) is 0 Å². The van der Waals surface area contributed by atoms with Crippen molar-refractivity contribution in [2.45, 2.75) is 19.3 Å². The highest BCUT2D eigenvalue weighted by atomic mass is 32.2. The van der Waals surface area contributed by atoms with E-state index in [4.69, 9.17) is 0 Å². The van der Waals surface area contributed by atoms with E-state index in [2.05, 4.69) is 37.9 Å². The van der Waals surface area contributed by atoms with Gasteiger partial charge in [0.25, 0.3) is 0 Å². The Balaban J connectivity index is 3.45. The predicted molar refractivity (Wildman–Crippen MR) is 93.6 cm³/mol. The van der Waals surface area contributed by atoms with E-state index in [-0.39, 0.29) is 0 Å². The summed E-state index contributed by atoms with van der Waals surface area (Å²) in [7, 11) is 0. The standard InChI is InChI=1S/C11H24S5/c12-4-1-11(2-7-15-9-5-13)3-8-16-10-6-14/h11-14H,1-10H2. The third-order valence-corrected chi connectivity index (χ3v) is 5.69. The zero-order valence-electron chi connectivity index (χ0n) is 9.81. The first-order chi connectivity index (χ1) is 7.85. The monoisotopic (exact) mass is 316 g/mol. The van der Waals surface area contributed by atoms with E-state index in [0.717, 1.165) is 23.2 Å². The molecule has 0 amide bonds. The van der Waals surface area contributed by atoms with E-state index >= 15 is 0 Å². The lowest BCUT2D eigenvalue weighted by Crippen LogP contribution is -2.05. The summed E-state index contributed by atoms with van der Waals surface area (Å²) in [5.74, 6) is 8.85. The molecule has 98 valence electrons. The van der Waals surface area contributed by atoms with Crippen molar-refractivity contribution >= 4 is 61.4 Å². The quantitative estimate of drug-likeness (QED) is 0.367. The van der Waals surface area contributed by atoms with Crippen LogP contribution in [0.2, 0.25) is 0 Å². The van der Waals surface area contributed by atoms with Crippen molar-refractivity contribution in [2.75, 3.05) is 40.3 Å². The third kappa shape index (κ3) is 12.2. The van der Waals surface area contributed by atoms with Gasteiger partial charge in [-0.05, 0) is 53.9 Å². The third-order valence-electron chi connectivity index (χ3n) is 2.35. The maximum atomic E-state index is 4.35. The lowest BCUT2D eigenvalue weighted by atomic mass is 10.0. The Morgan fingerprint density at radius 2 is 1.12 bits per heavy atom. The normalized spacial score (nSPS) is 11.2. The van der Waals surface area contributed by atoms with Crippen LogP contribution in [-0.4, -0.2) is 40.3 Å². The van der Waals surface area contributed by atoms with Crippen LogP contribution in [0.5, 0.6) is 0 Å². The smallest absolute Gasteiger partial charge is 0.00210 e. The van der Waals surface area contributed by atoms with Crippen LogP contribution in [0.4, 0.5) is 0 Å². The predicted octanol–water partition coefficient (Wildman–Crippen LogP) is 4.03. The van der Waals surface area contributed by atoms with Gasteiger partial charge in [-0.3, -0.25) is 0 Å². The Bertz CT molecular complexity index is 120. The fourth-order valence-electron chi connectivity index (χ4n) is 1.45. The number of hydrogen-bond donors (Lipinski definition) is 3. The van der Waals surface area contributed by atoms with Gasteiger partial charge in [-0.15, -0.1) is 0 Å². The van der Waals surface area contributed by atoms with Crippen LogP contribution in [0.15, 0.2) is 0 Å². The molecular formula is C11H24S5. The Morgan fingerprint density at radius 1 is 0.625 bits per heavy atom. The van der Waals surface area contributed by atoms with Crippen LogP contribution in [-0.2, 0) is 0 Å². The second kappa shape index (κ2) is 14.8. The van der Waals surface area contributed by atoms with E-state index in [0.29, 0.717) is 0 Å². The summed E-state index contributed by atoms with van der Waals surface area (Å²) in [6.45, 7) is 0. The number of thioether (sulfide) groups is 2. The summed E-state index contributed by atoms with van der Waals surface area (Å²) < 4.78 is 0. The summed E-state index contributed by atoms with van der Waals surface area (Å²) in [6, 6.07) is 0. The van der Waals surface area contributed by atoms with Crippen molar-refractivity contribution < 1.29 is 0 Å². The summed E-state index contributed by atoms with van der Waals surface area (Å²) >= 11 is 16.9. The molecule has 0 nitrogen and oxygen atoms in total. The van der Waals surface area contributed by atoms with Crippen molar-refractivity contribution in [2.24, 2.45) is 5.92 Å². The highest BCUT2D eigenvalue weighted by molar-refractivity contribution is 8.00. The van der Waals surface area contributed by atoms with Gasteiger partial charge < -0.3 is 0 Å². The van der Waals surface area contributed by atoms with Gasteiger partial charge in [0.2, 0.25) is 0 Å². The first-order valence-electron chi connectivity index (χ1n) is 5.83. The summed E-state index contributed by atoms with van der Waals surface area (Å²) in [4.78, 5) is 0. The minimum atomic E-state index is 0.873. The molecule has 0 aliphatic rings. The molecule has 0 aliphatic heterocycles. The fourth-order valence-corrected chi connectivity index (χ4v) is 4.26. The van der Waals surface area contributed by atoms with E-state index < -0.39 is 0 Å². The van der Waals surface area contributed by atoms with Crippen molar-refractivity contribution in [3.63, 3.8) is 0 Å². The highest BCUT2D eigenvalue weighted by Gasteiger charge is 2.07. The Hall–Kier alpha value is 1.75. The molecule has 16 heavy (non-hydrogen) atoms. The molecular weight excluding hydrogens is 292 g/mol. The molecule has 0 aromatic heterocycles. The molecule has 0 bridgehead atoms. The van der Waals surface area contributed by atoms with E-state index in [1.165, 1.54) is 42.3 Å². The molecule has 0 radical (unpaired) electrons. The number of thiol groups is 3. The van der Waals surface area contributed by atoms with Crippen molar-refractivity contribution in [1.82, 2.24) is 0 Å². The maximum absolute atomic E-state index is 4.35. The van der Waals surface area contributed by atoms with Crippen LogP contribution < -0.4 is 0 Å². The van der Waals surface area contributed by atoms with Crippen LogP contribution >= 0.6 is 61.4 Å². The molecule has 0 aliphatic carbocycles. The molecule has 5 heteroatoms. The van der Waals surface area contributed by atoms with Gasteiger partial charge in [0.15, 0.2) is 0 Å². The van der Waals surface area contributed by atoms with E-state index in [9.17, 15) is 0 Å². The average Bonchev–Trinajstić information content (AvgIpc) is 2.30. The zero-order valence-corrected chi connectivity index (χ0v) is 14.1. The first kappa shape index (κ1) is 17.8. The van der Waals surface area contributed by atoms with Crippen LogP contribution in [0.25, 0.3) is 0 Å². The van der Waals surface area contributed by atoms with Gasteiger partial charge in [-0.2, -0.15) is 61.4 Å². The summed E-state index contributed by atoms with van der Waals surface area (Å²) in [6.07, 6.45) is 3.97. The van der Waals surface area contributed by atoms with Crippen LogP contribution in [0.3, 0.4) is 0 Å². The lowest BCUT2D eigenvalue weighted by molar-refractivity contribution is 0.489. The lowest BCUT2D eigenvalue weighted by Gasteiger charge is -2.15. The molecule has 0 rings (SSSR count). The topological polar surface area (TPSA) is 0 Å². The Kier molecular flexibility index (Phi) is 16.4. The molecule has 0 aromatic carbocycles. The van der Waals surface area contributed by atoms with Gasteiger partial charge in [-0.1, -0.05) is 0 Å². The molecule has 0 heterocycles. The molecule has 0 unspecified atom stereocenters. The van der Waals surface area contributed by atoms with Crippen molar-refractivity contribution in [3.8, 4) is 0 Å². The maximum Gasteiger partial charge on any atom is 0.00210 e. The molecule has 0 spiro atoms. The summed E-state index contributed by atoms with van der Waals surface area (Å²) in [5, 5.41) is 0. The second-order valence-corrected chi connectivity index (χ2v) is 7.42. The number of rotatable bonds is 12. The van der Waals surface area contributed by atoms with Crippen LogP contribution in [0, 0.1) is 5.92 Å². The average molecular weight is 317 g/mol. The number of hydrogen-bond acceptors (Lipinski definition) is 5. The van der Waals surface area contributed by atoms with Gasteiger partial charge in [0, 0.05) is 11.5 Å². The molecule has 0 N–H and O–H groups in total. The largest absolute Gasteiger partial charge is 0.179 e. The van der Waals surface area contributed by atoms with Gasteiger partial charge in [0.05, 0.1) is 0 Å². The van der Waals surface area contributed by atoms with Crippen molar-refractivity contribution in [1.29, 1.82) is 0 Å². The summed E-state index contributed by atoms with van der Waals surface area (Å²) in [5.41, 5.74) is 0. The van der Waals surface area contributed by atoms with E-state index in [1.807, 2.05) is 23.5 Å². The fraction of sp³-hybridized carbons (Fsp3) is 1.00. The van der Waals surface area contributed by atoms with Gasteiger partial charge >= 0.3 is 0 Å². The van der Waals surface area contributed by atoms with Crippen LogP contribution in [0.1, 0.15) is 19.3 Å². The molecule has 0 aromatic rings. The molecule has 0 saturated heterocycles. The zero-order chi connectivity index (χ0) is 12.1. The van der Waals surface area contributed by atoms with Gasteiger partial charge in [-0.25, -0.2) is 0 Å². The molecule has 0 saturated carbocycles. The minimum absolute atomic E-state index is 0.873.